The Kier molecular flexibility index (Phi) is 8.04. The van der Waals surface area contributed by atoms with Gasteiger partial charge in [0.15, 0.2) is 0 Å². The first-order chi connectivity index (χ1) is 13.3. The van der Waals surface area contributed by atoms with Gasteiger partial charge in [-0.3, -0.25) is 4.79 Å². The largest absolute Gasteiger partial charge is 0.323 e. The summed E-state index contributed by atoms with van der Waals surface area (Å²) in [7, 11) is 0. The maximum absolute atomic E-state index is 12.1. The zero-order chi connectivity index (χ0) is 20.6. The van der Waals surface area contributed by atoms with E-state index in [-0.39, 0.29) is 11.3 Å². The molecule has 0 radical (unpaired) electrons. The Morgan fingerprint density at radius 3 is 2.61 bits per heavy atom. The zero-order valence-corrected chi connectivity index (χ0v) is 18.1. The number of carbonyl (C=O) groups excluding carboxylic acids is 1. The first-order valence-electron chi connectivity index (χ1n) is 10.4. The average Bonchev–Trinajstić information content (AvgIpc) is 2.61. The van der Waals surface area contributed by atoms with E-state index in [1.807, 2.05) is 25.2 Å². The fraction of sp³-hybridized carbons (Fsp3) is 0.423. The molecule has 2 nitrogen and oxygen atoms in total. The van der Waals surface area contributed by atoms with Gasteiger partial charge >= 0.3 is 0 Å². The molecule has 0 spiro atoms. The van der Waals surface area contributed by atoms with Crippen LogP contribution < -0.4 is 5.32 Å². The van der Waals surface area contributed by atoms with Crippen molar-refractivity contribution >= 4 is 5.91 Å². The number of hydrogen-bond donors (Lipinski definition) is 1. The third-order valence-corrected chi connectivity index (χ3v) is 5.39. The van der Waals surface area contributed by atoms with Crippen molar-refractivity contribution < 1.29 is 4.79 Å². The second-order valence-electron chi connectivity index (χ2n) is 8.55. The Morgan fingerprint density at radius 2 is 1.93 bits per heavy atom. The first-order valence-corrected chi connectivity index (χ1v) is 10.4. The highest BCUT2D eigenvalue weighted by Gasteiger charge is 2.26. The van der Waals surface area contributed by atoms with E-state index in [1.165, 1.54) is 36.0 Å². The normalized spacial score (nSPS) is 20.8. The summed E-state index contributed by atoms with van der Waals surface area (Å²) >= 11 is 0. The van der Waals surface area contributed by atoms with Gasteiger partial charge in [0, 0.05) is 11.8 Å². The molecule has 2 rings (SSSR count). The molecule has 150 valence electrons. The van der Waals surface area contributed by atoms with E-state index in [4.69, 9.17) is 0 Å². The topological polar surface area (TPSA) is 29.1 Å². The van der Waals surface area contributed by atoms with Gasteiger partial charge in [-0.1, -0.05) is 67.5 Å². The lowest BCUT2D eigenvalue weighted by atomic mass is 9.72. The van der Waals surface area contributed by atoms with Crippen LogP contribution >= 0.6 is 0 Å². The molecule has 0 bridgehead atoms. The predicted molar refractivity (Wildman–Crippen MR) is 121 cm³/mol. The molecule has 0 saturated carbocycles. The summed E-state index contributed by atoms with van der Waals surface area (Å²) in [4.78, 5) is 12.1. The molecule has 0 aromatic rings. The molecule has 28 heavy (non-hydrogen) atoms. The fourth-order valence-electron chi connectivity index (χ4n) is 3.77. The van der Waals surface area contributed by atoms with Gasteiger partial charge in [0.05, 0.1) is 0 Å². The van der Waals surface area contributed by atoms with Crippen molar-refractivity contribution in [2.75, 3.05) is 0 Å². The molecule has 2 heteroatoms. The second-order valence-corrected chi connectivity index (χ2v) is 8.55. The molecule has 0 unspecified atom stereocenters. The summed E-state index contributed by atoms with van der Waals surface area (Å²) in [5.41, 5.74) is 6.29. The van der Waals surface area contributed by atoms with Gasteiger partial charge in [-0.25, -0.2) is 0 Å². The van der Waals surface area contributed by atoms with Crippen LogP contribution in [-0.4, -0.2) is 5.91 Å². The van der Waals surface area contributed by atoms with Crippen LogP contribution in [-0.2, 0) is 4.79 Å². The minimum absolute atomic E-state index is 0.0810. The van der Waals surface area contributed by atoms with Crippen molar-refractivity contribution in [2.45, 2.75) is 66.7 Å². The van der Waals surface area contributed by atoms with Crippen molar-refractivity contribution in [1.29, 1.82) is 0 Å². The van der Waals surface area contributed by atoms with Crippen molar-refractivity contribution in [3.8, 4) is 0 Å². The highest BCUT2D eigenvalue weighted by Crippen LogP contribution is 2.40. The monoisotopic (exact) mass is 377 g/mol. The maximum Gasteiger partial charge on any atom is 0.248 e. The molecule has 0 aliphatic heterocycles. The molecule has 0 atom stereocenters. The highest BCUT2D eigenvalue weighted by atomic mass is 16.1. The van der Waals surface area contributed by atoms with E-state index >= 15 is 0 Å². The Bertz CT molecular complexity index is 794. The number of allylic oxidation sites excluding steroid dienone is 12. The van der Waals surface area contributed by atoms with E-state index in [0.717, 1.165) is 24.1 Å². The van der Waals surface area contributed by atoms with Crippen LogP contribution in [0.25, 0.3) is 0 Å². The van der Waals surface area contributed by atoms with Crippen molar-refractivity contribution in [2.24, 2.45) is 5.41 Å². The maximum atomic E-state index is 12.1. The van der Waals surface area contributed by atoms with Gasteiger partial charge in [0.1, 0.15) is 0 Å². The first kappa shape index (κ1) is 21.9. The Morgan fingerprint density at radius 1 is 1.14 bits per heavy atom. The van der Waals surface area contributed by atoms with Gasteiger partial charge in [0.2, 0.25) is 5.91 Å². The standard InChI is InChI=1S/C26H35NO/c1-20(16-17-24-22(3)13-10-18-26(24,4)5)11-9-12-21(2)19-25(28)27-23-14-7-6-8-15-23/h7,9,11-12,14-17,19H,6,8,10,13,18H2,1-5H3,(H,27,28). The summed E-state index contributed by atoms with van der Waals surface area (Å²) < 4.78 is 0. The van der Waals surface area contributed by atoms with Gasteiger partial charge in [-0.15, -0.1) is 0 Å². The average molecular weight is 378 g/mol. The Labute approximate surface area is 171 Å². The van der Waals surface area contributed by atoms with E-state index in [9.17, 15) is 4.79 Å². The van der Waals surface area contributed by atoms with Crippen LogP contribution in [0.5, 0.6) is 0 Å². The predicted octanol–water partition coefficient (Wildman–Crippen LogP) is 6.87. The van der Waals surface area contributed by atoms with Crippen LogP contribution in [0.3, 0.4) is 0 Å². The van der Waals surface area contributed by atoms with Crippen LogP contribution in [0, 0.1) is 5.41 Å². The van der Waals surface area contributed by atoms with Crippen LogP contribution in [0.2, 0.25) is 0 Å². The Balaban J connectivity index is 1.94. The molecule has 0 saturated heterocycles. The summed E-state index contributed by atoms with van der Waals surface area (Å²) in [6, 6.07) is 0. The molecular formula is C26H35NO. The molecule has 0 heterocycles. The summed E-state index contributed by atoms with van der Waals surface area (Å²) in [6.07, 6.45) is 24.1. The summed E-state index contributed by atoms with van der Waals surface area (Å²) in [5, 5.41) is 2.91. The summed E-state index contributed by atoms with van der Waals surface area (Å²) in [6.45, 7) is 11.0. The Hall–Kier alpha value is -2.35. The molecule has 2 aliphatic rings. The van der Waals surface area contributed by atoms with Crippen molar-refractivity contribution in [3.63, 3.8) is 0 Å². The lowest BCUT2D eigenvalue weighted by Crippen LogP contribution is -2.20. The van der Waals surface area contributed by atoms with Gasteiger partial charge in [0.25, 0.3) is 0 Å². The quantitative estimate of drug-likeness (QED) is 0.397. The lowest BCUT2D eigenvalue weighted by molar-refractivity contribution is -0.115. The van der Waals surface area contributed by atoms with E-state index < -0.39 is 0 Å². The van der Waals surface area contributed by atoms with Crippen molar-refractivity contribution in [3.05, 3.63) is 82.7 Å². The number of carbonyl (C=O) groups is 1. The van der Waals surface area contributed by atoms with Crippen molar-refractivity contribution in [1.82, 2.24) is 5.32 Å². The molecule has 2 aliphatic carbocycles. The number of hydrogen-bond acceptors (Lipinski definition) is 1. The molecule has 0 aromatic heterocycles. The smallest absolute Gasteiger partial charge is 0.248 e. The number of nitrogens with one attached hydrogen (secondary N) is 1. The molecule has 1 amide bonds. The highest BCUT2D eigenvalue weighted by molar-refractivity contribution is 5.90. The van der Waals surface area contributed by atoms with Crippen LogP contribution in [0.15, 0.2) is 82.7 Å². The van der Waals surface area contributed by atoms with E-state index in [0.29, 0.717) is 0 Å². The van der Waals surface area contributed by atoms with Crippen LogP contribution in [0.4, 0.5) is 0 Å². The zero-order valence-electron chi connectivity index (χ0n) is 18.1. The van der Waals surface area contributed by atoms with Gasteiger partial charge in [-0.05, 0) is 75.5 Å². The third kappa shape index (κ3) is 6.99. The molecule has 0 aromatic carbocycles. The third-order valence-electron chi connectivity index (χ3n) is 5.39. The van der Waals surface area contributed by atoms with E-state index in [1.54, 1.807) is 6.08 Å². The molecular weight excluding hydrogens is 342 g/mol. The minimum Gasteiger partial charge on any atom is -0.323 e. The SMILES string of the molecule is CC(C=CC1=C(C)CCCC1(C)C)=CC=CC(C)=CC(=O)NC1=CCCC=C1. The van der Waals surface area contributed by atoms with Gasteiger partial charge < -0.3 is 5.32 Å². The molecule has 0 fully saturated rings. The lowest BCUT2D eigenvalue weighted by Gasteiger charge is -2.32. The van der Waals surface area contributed by atoms with Gasteiger partial charge in [-0.2, -0.15) is 0 Å². The van der Waals surface area contributed by atoms with Crippen LogP contribution in [0.1, 0.15) is 66.7 Å². The fourth-order valence-corrected chi connectivity index (χ4v) is 3.77. The molecule has 1 N–H and O–H groups in total. The van der Waals surface area contributed by atoms with E-state index in [2.05, 4.69) is 63.4 Å². The summed E-state index contributed by atoms with van der Waals surface area (Å²) in [5.74, 6) is -0.0810. The second kappa shape index (κ2) is 10.3. The minimum atomic E-state index is -0.0810. The number of rotatable bonds is 6. The number of amides is 1.